The second-order valence-electron chi connectivity index (χ2n) is 3.15. The monoisotopic (exact) mass is 186 g/mol. The van der Waals surface area contributed by atoms with Crippen LogP contribution in [0.3, 0.4) is 0 Å². The first-order valence-electron chi connectivity index (χ1n) is 4.45. The molecule has 1 amide bonds. The van der Waals surface area contributed by atoms with Gasteiger partial charge >= 0.3 is 0 Å². The van der Waals surface area contributed by atoms with Crippen molar-refractivity contribution in [2.45, 2.75) is 18.9 Å². The van der Waals surface area contributed by atoms with E-state index in [9.17, 15) is 4.79 Å². The van der Waals surface area contributed by atoms with Gasteiger partial charge in [0.15, 0.2) is 0 Å². The first kappa shape index (κ1) is 10.5. The number of hydrogen-bond donors (Lipinski definition) is 0. The molecule has 0 N–H and O–H groups in total. The number of carbonyl (C=O) groups is 1. The SMILES string of the molecule is [CH2]C(=O)N1CCC(OCOC)CC1. The van der Waals surface area contributed by atoms with Gasteiger partial charge in [-0.1, -0.05) is 0 Å². The predicted molar refractivity (Wildman–Crippen MR) is 47.9 cm³/mol. The Bertz CT molecular complexity index is 164. The molecule has 1 fully saturated rings. The minimum Gasteiger partial charge on any atom is -0.359 e. The maximum atomic E-state index is 10.9. The third kappa shape index (κ3) is 3.32. The highest BCUT2D eigenvalue weighted by molar-refractivity contribution is 5.80. The van der Waals surface area contributed by atoms with Gasteiger partial charge in [0, 0.05) is 27.1 Å². The number of ether oxygens (including phenoxy) is 2. The van der Waals surface area contributed by atoms with E-state index in [0.717, 1.165) is 25.9 Å². The van der Waals surface area contributed by atoms with E-state index in [4.69, 9.17) is 9.47 Å². The molecule has 0 aromatic carbocycles. The molecule has 0 bridgehead atoms. The minimum absolute atomic E-state index is 0.0924. The fourth-order valence-electron chi connectivity index (χ4n) is 1.44. The number of amides is 1. The van der Waals surface area contributed by atoms with Gasteiger partial charge in [-0.05, 0) is 12.8 Å². The van der Waals surface area contributed by atoms with E-state index in [1.54, 1.807) is 12.0 Å². The molecule has 1 aliphatic heterocycles. The quantitative estimate of drug-likeness (QED) is 0.600. The molecular weight excluding hydrogens is 170 g/mol. The minimum atomic E-state index is -0.0924. The standard InChI is InChI=1S/C9H16NO3/c1-8(11)10-5-3-9(4-6-10)13-7-12-2/h9H,1,3-7H2,2H3. The van der Waals surface area contributed by atoms with Gasteiger partial charge in [0.25, 0.3) is 0 Å². The van der Waals surface area contributed by atoms with Crippen LogP contribution in [0.1, 0.15) is 12.8 Å². The van der Waals surface area contributed by atoms with Crippen molar-refractivity contribution >= 4 is 5.91 Å². The molecule has 0 saturated carbocycles. The highest BCUT2D eigenvalue weighted by Gasteiger charge is 2.20. The molecule has 0 aromatic rings. The van der Waals surface area contributed by atoms with Gasteiger partial charge in [-0.2, -0.15) is 0 Å². The Hall–Kier alpha value is -0.610. The van der Waals surface area contributed by atoms with Gasteiger partial charge < -0.3 is 14.4 Å². The number of hydrogen-bond acceptors (Lipinski definition) is 3. The van der Waals surface area contributed by atoms with E-state index in [2.05, 4.69) is 6.92 Å². The lowest BCUT2D eigenvalue weighted by molar-refractivity contribution is -0.131. The maximum Gasteiger partial charge on any atom is 0.223 e. The third-order valence-corrected chi connectivity index (χ3v) is 2.22. The summed E-state index contributed by atoms with van der Waals surface area (Å²) in [5.41, 5.74) is 0. The van der Waals surface area contributed by atoms with Crippen LogP contribution in [0.15, 0.2) is 0 Å². The number of likely N-dealkylation sites (tertiary alicyclic amines) is 1. The van der Waals surface area contributed by atoms with Crippen LogP contribution in [-0.2, 0) is 14.3 Å². The Kier molecular flexibility index (Phi) is 4.18. The lowest BCUT2D eigenvalue weighted by atomic mass is 10.1. The molecule has 4 nitrogen and oxygen atoms in total. The van der Waals surface area contributed by atoms with Gasteiger partial charge in [-0.25, -0.2) is 0 Å². The van der Waals surface area contributed by atoms with Gasteiger partial charge in [0.05, 0.1) is 6.10 Å². The summed E-state index contributed by atoms with van der Waals surface area (Å²) >= 11 is 0. The Balaban J connectivity index is 2.18. The summed E-state index contributed by atoms with van der Waals surface area (Å²) in [5, 5.41) is 0. The van der Waals surface area contributed by atoms with Crippen molar-refractivity contribution in [3.05, 3.63) is 6.92 Å². The normalized spacial score (nSPS) is 19.1. The van der Waals surface area contributed by atoms with Gasteiger partial charge in [-0.15, -0.1) is 0 Å². The zero-order chi connectivity index (χ0) is 9.68. The number of methoxy groups -OCH3 is 1. The van der Waals surface area contributed by atoms with E-state index in [0.29, 0.717) is 6.79 Å². The maximum absolute atomic E-state index is 10.9. The number of piperidine rings is 1. The van der Waals surface area contributed by atoms with E-state index >= 15 is 0 Å². The van der Waals surface area contributed by atoms with E-state index in [1.807, 2.05) is 0 Å². The van der Waals surface area contributed by atoms with Gasteiger partial charge in [0.2, 0.25) is 5.91 Å². The van der Waals surface area contributed by atoms with Gasteiger partial charge in [-0.3, -0.25) is 4.79 Å². The second kappa shape index (κ2) is 5.19. The molecule has 0 aromatic heterocycles. The second-order valence-corrected chi connectivity index (χ2v) is 3.15. The summed E-state index contributed by atoms with van der Waals surface area (Å²) in [4.78, 5) is 12.6. The molecule has 1 aliphatic rings. The molecule has 1 saturated heterocycles. The highest BCUT2D eigenvalue weighted by atomic mass is 16.7. The summed E-state index contributed by atoms with van der Waals surface area (Å²) in [6, 6.07) is 0. The fraction of sp³-hybridized carbons (Fsp3) is 0.778. The molecule has 4 heteroatoms. The predicted octanol–water partition coefficient (Wildman–Crippen LogP) is 0.432. The lowest BCUT2D eigenvalue weighted by Crippen LogP contribution is -2.39. The summed E-state index contributed by atoms with van der Waals surface area (Å²) < 4.78 is 10.2. The molecule has 0 atom stereocenters. The molecule has 0 unspecified atom stereocenters. The lowest BCUT2D eigenvalue weighted by Gasteiger charge is -2.30. The van der Waals surface area contributed by atoms with Crippen LogP contribution in [0.5, 0.6) is 0 Å². The first-order chi connectivity index (χ1) is 6.24. The van der Waals surface area contributed by atoms with Crippen LogP contribution >= 0.6 is 0 Å². The number of nitrogens with zero attached hydrogens (tertiary/aromatic N) is 1. The molecule has 75 valence electrons. The Morgan fingerprint density at radius 3 is 2.62 bits per heavy atom. The number of rotatable bonds is 3. The van der Waals surface area contributed by atoms with Crippen molar-refractivity contribution in [3.63, 3.8) is 0 Å². The van der Waals surface area contributed by atoms with Crippen molar-refractivity contribution in [2.24, 2.45) is 0 Å². The van der Waals surface area contributed by atoms with E-state index < -0.39 is 0 Å². The molecule has 0 aliphatic carbocycles. The van der Waals surface area contributed by atoms with Crippen LogP contribution in [0, 0.1) is 6.92 Å². The summed E-state index contributed by atoms with van der Waals surface area (Å²) in [7, 11) is 1.61. The third-order valence-electron chi connectivity index (χ3n) is 2.22. The smallest absolute Gasteiger partial charge is 0.223 e. The Morgan fingerprint density at radius 1 is 1.54 bits per heavy atom. The van der Waals surface area contributed by atoms with Crippen LogP contribution in [0.25, 0.3) is 0 Å². The van der Waals surface area contributed by atoms with Crippen LogP contribution in [0.4, 0.5) is 0 Å². The fourth-order valence-corrected chi connectivity index (χ4v) is 1.44. The zero-order valence-corrected chi connectivity index (χ0v) is 7.99. The Labute approximate surface area is 78.8 Å². The highest BCUT2D eigenvalue weighted by Crippen LogP contribution is 2.13. The summed E-state index contributed by atoms with van der Waals surface area (Å²) in [6.07, 6.45) is 1.99. The molecule has 13 heavy (non-hydrogen) atoms. The molecule has 1 heterocycles. The van der Waals surface area contributed by atoms with Crippen LogP contribution in [0.2, 0.25) is 0 Å². The Morgan fingerprint density at radius 2 is 2.15 bits per heavy atom. The first-order valence-corrected chi connectivity index (χ1v) is 4.45. The van der Waals surface area contributed by atoms with E-state index in [1.165, 1.54) is 0 Å². The zero-order valence-electron chi connectivity index (χ0n) is 7.99. The summed E-state index contributed by atoms with van der Waals surface area (Å²) in [6.45, 7) is 5.20. The van der Waals surface area contributed by atoms with Crippen molar-refractivity contribution in [1.82, 2.24) is 4.90 Å². The van der Waals surface area contributed by atoms with Crippen molar-refractivity contribution < 1.29 is 14.3 Å². The van der Waals surface area contributed by atoms with Gasteiger partial charge in [0.1, 0.15) is 6.79 Å². The summed E-state index contributed by atoms with van der Waals surface area (Å²) in [5.74, 6) is -0.0924. The largest absolute Gasteiger partial charge is 0.359 e. The van der Waals surface area contributed by atoms with Crippen LogP contribution in [-0.4, -0.2) is 43.9 Å². The topological polar surface area (TPSA) is 38.8 Å². The van der Waals surface area contributed by atoms with Crippen molar-refractivity contribution in [1.29, 1.82) is 0 Å². The molecule has 0 spiro atoms. The van der Waals surface area contributed by atoms with Crippen molar-refractivity contribution in [3.8, 4) is 0 Å². The van der Waals surface area contributed by atoms with E-state index in [-0.39, 0.29) is 12.0 Å². The van der Waals surface area contributed by atoms with Crippen LogP contribution < -0.4 is 0 Å². The van der Waals surface area contributed by atoms with Crippen molar-refractivity contribution in [2.75, 3.05) is 27.0 Å². The number of carbonyl (C=O) groups excluding carboxylic acids is 1. The molecule has 1 rings (SSSR count). The molecular formula is C9H16NO3. The average Bonchev–Trinajstić information content (AvgIpc) is 2.15. The molecule has 1 radical (unpaired) electrons. The average molecular weight is 186 g/mol.